The zero-order chi connectivity index (χ0) is 12.6. The Morgan fingerprint density at radius 2 is 2.18 bits per heavy atom. The first-order valence-corrected chi connectivity index (χ1v) is 6.02. The number of fused-ring (bicyclic) bond motifs is 1. The normalized spacial score (nSPS) is 22.5. The molecule has 0 radical (unpaired) electrons. The summed E-state index contributed by atoms with van der Waals surface area (Å²) in [6.45, 7) is 3.25. The van der Waals surface area contributed by atoms with Gasteiger partial charge >= 0.3 is 0 Å². The number of ether oxygens (including phenoxy) is 2. The van der Waals surface area contributed by atoms with Crippen LogP contribution in [0.15, 0.2) is 28.2 Å². The molecule has 1 aromatic rings. The van der Waals surface area contributed by atoms with Crippen LogP contribution >= 0.6 is 15.9 Å². The molecule has 0 bridgehead atoms. The van der Waals surface area contributed by atoms with E-state index in [-0.39, 0.29) is 5.78 Å². The summed E-state index contributed by atoms with van der Waals surface area (Å²) in [6, 6.07) is 5.65. The third kappa shape index (κ3) is 2.15. The summed E-state index contributed by atoms with van der Waals surface area (Å²) in [6.07, 6.45) is 1.81. The lowest BCUT2D eigenvalue weighted by Gasteiger charge is -2.34. The third-order valence-electron chi connectivity index (χ3n) is 2.83. The molecule has 1 aliphatic heterocycles. The van der Waals surface area contributed by atoms with E-state index in [2.05, 4.69) is 15.9 Å². The van der Waals surface area contributed by atoms with Crippen LogP contribution in [-0.4, -0.2) is 18.7 Å². The predicted octanol–water partition coefficient (Wildman–Crippen LogP) is 3.18. The maximum atomic E-state index is 11.6. The fraction of sp³-hybridized carbons (Fsp3) is 0.308. The molecule has 0 amide bonds. The van der Waals surface area contributed by atoms with E-state index in [4.69, 9.17) is 9.47 Å². The fourth-order valence-corrected chi connectivity index (χ4v) is 2.23. The van der Waals surface area contributed by atoms with Crippen molar-refractivity contribution in [1.29, 1.82) is 0 Å². The maximum Gasteiger partial charge on any atom is 0.237 e. The zero-order valence-electron chi connectivity index (χ0n) is 9.91. The van der Waals surface area contributed by atoms with Crippen molar-refractivity contribution in [3.63, 3.8) is 0 Å². The Hall–Kier alpha value is -1.13. The van der Waals surface area contributed by atoms with Gasteiger partial charge in [0, 0.05) is 24.1 Å². The van der Waals surface area contributed by atoms with Gasteiger partial charge in [-0.15, -0.1) is 0 Å². The van der Waals surface area contributed by atoms with Crippen molar-refractivity contribution in [2.45, 2.75) is 19.6 Å². The second-order valence-corrected chi connectivity index (χ2v) is 4.96. The molecule has 1 atom stereocenters. The summed E-state index contributed by atoms with van der Waals surface area (Å²) in [5.41, 5.74) is 1.39. The number of halogens is 1. The van der Waals surface area contributed by atoms with Crippen LogP contribution in [0.4, 0.5) is 0 Å². The molecule has 3 nitrogen and oxygen atoms in total. The summed E-state index contributed by atoms with van der Waals surface area (Å²) >= 11 is 3.39. The van der Waals surface area contributed by atoms with Gasteiger partial charge in [0.2, 0.25) is 5.79 Å². The molecule has 90 valence electrons. The van der Waals surface area contributed by atoms with E-state index in [1.807, 2.05) is 24.3 Å². The van der Waals surface area contributed by atoms with Crippen LogP contribution in [0.25, 0.3) is 6.08 Å². The number of ketones is 1. The van der Waals surface area contributed by atoms with Crippen molar-refractivity contribution in [3.05, 3.63) is 33.8 Å². The lowest BCUT2D eigenvalue weighted by Crippen LogP contribution is -2.41. The van der Waals surface area contributed by atoms with E-state index in [1.54, 1.807) is 6.92 Å². The first kappa shape index (κ1) is 12.3. The van der Waals surface area contributed by atoms with E-state index >= 15 is 0 Å². The molecule has 17 heavy (non-hydrogen) atoms. The number of methoxy groups -OCH3 is 1. The highest BCUT2D eigenvalue weighted by molar-refractivity contribution is 9.10. The van der Waals surface area contributed by atoms with Crippen LogP contribution in [0.2, 0.25) is 0 Å². The van der Waals surface area contributed by atoms with Gasteiger partial charge in [-0.05, 0) is 31.2 Å². The minimum atomic E-state index is -1.01. The Balaban J connectivity index is 2.58. The van der Waals surface area contributed by atoms with Crippen molar-refractivity contribution in [1.82, 2.24) is 0 Å². The molecule has 0 saturated heterocycles. The van der Waals surface area contributed by atoms with Crippen LogP contribution in [0.5, 0.6) is 5.75 Å². The van der Waals surface area contributed by atoms with Crippen LogP contribution < -0.4 is 4.74 Å². The largest absolute Gasteiger partial charge is 0.458 e. The first-order chi connectivity index (χ1) is 7.96. The Labute approximate surface area is 109 Å². The van der Waals surface area contributed by atoms with Gasteiger partial charge in [-0.2, -0.15) is 0 Å². The van der Waals surface area contributed by atoms with E-state index in [9.17, 15) is 4.79 Å². The van der Waals surface area contributed by atoms with Gasteiger partial charge in [0.25, 0.3) is 0 Å². The van der Waals surface area contributed by atoms with Gasteiger partial charge in [-0.25, -0.2) is 0 Å². The summed E-state index contributed by atoms with van der Waals surface area (Å²) < 4.78 is 12.0. The summed E-state index contributed by atoms with van der Waals surface area (Å²) in [4.78, 5) is 11.6. The van der Waals surface area contributed by atoms with E-state index in [1.165, 1.54) is 14.0 Å². The highest BCUT2D eigenvalue weighted by atomic mass is 79.9. The zero-order valence-corrected chi connectivity index (χ0v) is 11.5. The number of rotatable bonds is 2. The summed E-state index contributed by atoms with van der Waals surface area (Å²) in [5.74, 6) is -0.352. The third-order valence-corrected chi connectivity index (χ3v) is 3.33. The number of carbonyl (C=O) groups excluding carboxylic acids is 1. The molecule has 1 aliphatic rings. The molecule has 2 rings (SSSR count). The second-order valence-electron chi connectivity index (χ2n) is 4.05. The Morgan fingerprint density at radius 1 is 1.47 bits per heavy atom. The average Bonchev–Trinajstić information content (AvgIpc) is 2.28. The van der Waals surface area contributed by atoms with Gasteiger partial charge < -0.3 is 9.47 Å². The van der Waals surface area contributed by atoms with Crippen LogP contribution in [0.1, 0.15) is 19.4 Å². The molecule has 0 fully saturated rings. The molecule has 1 unspecified atom stereocenters. The van der Waals surface area contributed by atoms with E-state index < -0.39 is 5.79 Å². The topological polar surface area (TPSA) is 35.5 Å². The van der Waals surface area contributed by atoms with Crippen molar-refractivity contribution < 1.29 is 14.3 Å². The molecule has 4 heteroatoms. The van der Waals surface area contributed by atoms with E-state index in [0.717, 1.165) is 10.0 Å². The van der Waals surface area contributed by atoms with Crippen molar-refractivity contribution >= 4 is 27.8 Å². The number of hydrogen-bond donors (Lipinski definition) is 0. The Bertz CT molecular complexity index is 507. The van der Waals surface area contributed by atoms with E-state index in [0.29, 0.717) is 11.3 Å². The number of Topliss-reactive ketones (excluding diaryl/α,β-unsaturated/α-hetero) is 1. The van der Waals surface area contributed by atoms with Crippen LogP contribution in [0, 0.1) is 0 Å². The van der Waals surface area contributed by atoms with Gasteiger partial charge in [0.1, 0.15) is 5.75 Å². The number of benzene rings is 1. The molecular weight excluding hydrogens is 284 g/mol. The van der Waals surface area contributed by atoms with Crippen molar-refractivity contribution in [2.75, 3.05) is 7.11 Å². The molecule has 1 aromatic carbocycles. The lowest BCUT2D eigenvalue weighted by molar-refractivity contribution is -0.136. The average molecular weight is 297 g/mol. The molecule has 1 heterocycles. The molecule has 0 spiro atoms. The maximum absolute atomic E-state index is 11.6. The van der Waals surface area contributed by atoms with Gasteiger partial charge in [0.15, 0.2) is 5.78 Å². The van der Waals surface area contributed by atoms with Crippen molar-refractivity contribution in [2.24, 2.45) is 0 Å². The van der Waals surface area contributed by atoms with Gasteiger partial charge in [-0.3, -0.25) is 4.79 Å². The molecule has 0 N–H and O–H groups in total. The first-order valence-electron chi connectivity index (χ1n) is 5.23. The van der Waals surface area contributed by atoms with Gasteiger partial charge in [0.05, 0.1) is 5.57 Å². The molecule has 0 aromatic heterocycles. The highest BCUT2D eigenvalue weighted by Crippen LogP contribution is 2.37. The molecular formula is C13H13BrO3. The monoisotopic (exact) mass is 296 g/mol. The fourth-order valence-electron chi connectivity index (χ4n) is 1.85. The molecule has 0 saturated carbocycles. The molecule has 0 aliphatic carbocycles. The minimum Gasteiger partial charge on any atom is -0.458 e. The standard InChI is InChI=1S/C13H13BrO3/c1-8(15)11-7-9-6-10(14)4-5-12(9)17-13(11,2)16-3/h4-7H,1-3H3. The quantitative estimate of drug-likeness (QED) is 0.841. The summed E-state index contributed by atoms with van der Waals surface area (Å²) in [7, 11) is 1.53. The van der Waals surface area contributed by atoms with Crippen LogP contribution in [0.3, 0.4) is 0 Å². The SMILES string of the molecule is COC1(C)Oc2ccc(Br)cc2C=C1C(C)=O. The smallest absolute Gasteiger partial charge is 0.237 e. The minimum absolute atomic E-state index is 0.0556. The predicted molar refractivity (Wildman–Crippen MR) is 68.8 cm³/mol. The van der Waals surface area contributed by atoms with Gasteiger partial charge in [-0.1, -0.05) is 15.9 Å². The van der Waals surface area contributed by atoms with Crippen molar-refractivity contribution in [3.8, 4) is 5.75 Å². The lowest BCUT2D eigenvalue weighted by atomic mass is 9.97. The highest BCUT2D eigenvalue weighted by Gasteiger charge is 2.37. The number of hydrogen-bond acceptors (Lipinski definition) is 3. The Kier molecular flexibility index (Phi) is 3.10. The summed E-state index contributed by atoms with van der Waals surface area (Å²) in [5, 5.41) is 0. The number of carbonyl (C=O) groups is 1. The van der Waals surface area contributed by atoms with Crippen LogP contribution in [-0.2, 0) is 9.53 Å². The second kappa shape index (κ2) is 4.27. The Morgan fingerprint density at radius 3 is 2.76 bits per heavy atom.